The van der Waals surface area contributed by atoms with Crippen LogP contribution in [0.25, 0.3) is 10.6 Å². The number of ether oxygens (including phenoxy) is 1. The first-order valence-electron chi connectivity index (χ1n) is 11.9. The van der Waals surface area contributed by atoms with Gasteiger partial charge in [0.05, 0.1) is 34.9 Å². The number of rotatable bonds is 9. The predicted octanol–water partition coefficient (Wildman–Crippen LogP) is 4.44. The van der Waals surface area contributed by atoms with Gasteiger partial charge >= 0.3 is 5.97 Å². The number of aliphatic hydroxyl groups is 1. The van der Waals surface area contributed by atoms with E-state index in [-0.39, 0.29) is 5.57 Å². The third kappa shape index (κ3) is 5.33. The van der Waals surface area contributed by atoms with Gasteiger partial charge in [0.1, 0.15) is 5.01 Å². The van der Waals surface area contributed by atoms with E-state index in [1.807, 2.05) is 49.3 Å². The Bertz CT molecular complexity index is 1350. The zero-order valence-electron chi connectivity index (χ0n) is 21.2. The number of amides is 1. The Morgan fingerprint density at radius 1 is 1.11 bits per heavy atom. The standard InChI is InChI=1S/C28H29N3O5S/c1-17-25(37-26(29-17)19-9-6-5-7-10-19)23(32)21-22(18-11-13-20(14-12-18)28(35)36-4)31(27(34)24(21)33)16-8-15-30(2)3/h5-7,9-14,22,33H,8,15-16H2,1-4H3. The van der Waals surface area contributed by atoms with Crippen LogP contribution in [0, 0.1) is 6.92 Å². The lowest BCUT2D eigenvalue weighted by Crippen LogP contribution is -2.33. The number of Topliss-reactive ketones (excluding diaryl/α,β-unsaturated/α-hetero) is 1. The summed E-state index contributed by atoms with van der Waals surface area (Å²) in [6.07, 6.45) is 0.655. The van der Waals surface area contributed by atoms with Crippen LogP contribution in [0.5, 0.6) is 0 Å². The first-order valence-corrected chi connectivity index (χ1v) is 12.7. The van der Waals surface area contributed by atoms with Crippen LogP contribution in [0.3, 0.4) is 0 Å². The van der Waals surface area contributed by atoms with Crippen LogP contribution < -0.4 is 0 Å². The zero-order chi connectivity index (χ0) is 26.7. The quantitative estimate of drug-likeness (QED) is 0.330. The Labute approximate surface area is 219 Å². The first-order chi connectivity index (χ1) is 17.7. The van der Waals surface area contributed by atoms with Crippen LogP contribution >= 0.6 is 11.3 Å². The highest BCUT2D eigenvalue weighted by Crippen LogP contribution is 2.41. The van der Waals surface area contributed by atoms with Crippen LogP contribution in [-0.4, -0.2) is 71.8 Å². The molecule has 1 atom stereocenters. The summed E-state index contributed by atoms with van der Waals surface area (Å²) in [6.45, 7) is 2.83. The van der Waals surface area contributed by atoms with E-state index in [9.17, 15) is 19.5 Å². The summed E-state index contributed by atoms with van der Waals surface area (Å²) in [5.74, 6) is -2.05. The van der Waals surface area contributed by atoms with E-state index in [0.717, 1.165) is 12.1 Å². The molecule has 0 saturated heterocycles. The van der Waals surface area contributed by atoms with E-state index in [2.05, 4.69) is 4.98 Å². The van der Waals surface area contributed by atoms with Crippen LogP contribution in [0.2, 0.25) is 0 Å². The molecule has 1 N–H and O–H groups in total. The number of carbonyl (C=O) groups excluding carboxylic acids is 3. The molecular formula is C28H29N3O5S. The molecule has 0 saturated carbocycles. The fourth-order valence-corrected chi connectivity index (χ4v) is 5.40. The highest BCUT2D eigenvalue weighted by Gasteiger charge is 2.44. The van der Waals surface area contributed by atoms with Crippen molar-refractivity contribution in [3.63, 3.8) is 0 Å². The second-order valence-corrected chi connectivity index (χ2v) is 10.1. The average molecular weight is 520 g/mol. The van der Waals surface area contributed by atoms with Crippen molar-refractivity contribution >= 4 is 29.0 Å². The minimum absolute atomic E-state index is 0.0204. The van der Waals surface area contributed by atoms with Crippen LogP contribution in [0.15, 0.2) is 65.9 Å². The third-order valence-corrected chi connectivity index (χ3v) is 7.43. The van der Waals surface area contributed by atoms with Crippen LogP contribution in [0.1, 0.15) is 43.7 Å². The number of methoxy groups -OCH3 is 1. The van der Waals surface area contributed by atoms with Crippen LogP contribution in [0.4, 0.5) is 0 Å². The van der Waals surface area contributed by atoms with Crippen molar-refractivity contribution in [3.8, 4) is 10.6 Å². The summed E-state index contributed by atoms with van der Waals surface area (Å²) in [5.41, 5.74) is 2.40. The zero-order valence-corrected chi connectivity index (χ0v) is 22.0. The number of thiazole rings is 1. The number of benzene rings is 2. The number of aliphatic hydroxyl groups excluding tert-OH is 1. The molecule has 8 nitrogen and oxygen atoms in total. The molecule has 1 amide bonds. The highest BCUT2D eigenvalue weighted by atomic mass is 32.1. The van der Waals surface area contributed by atoms with Gasteiger partial charge in [0.15, 0.2) is 5.76 Å². The molecule has 4 rings (SSSR count). The molecule has 0 aliphatic carbocycles. The van der Waals surface area contributed by atoms with Crippen LogP contribution in [-0.2, 0) is 9.53 Å². The Hall–Kier alpha value is -3.82. The molecule has 1 aromatic heterocycles. The van der Waals surface area contributed by atoms with Crippen molar-refractivity contribution in [2.45, 2.75) is 19.4 Å². The van der Waals surface area contributed by atoms with E-state index in [0.29, 0.717) is 39.7 Å². The molecular weight excluding hydrogens is 490 g/mol. The van der Waals surface area contributed by atoms with Crippen molar-refractivity contribution in [3.05, 3.63) is 87.6 Å². The average Bonchev–Trinajstić information content (AvgIpc) is 3.41. The number of aryl methyl sites for hydroxylation is 1. The Morgan fingerprint density at radius 2 is 1.78 bits per heavy atom. The van der Waals surface area contributed by atoms with Crippen molar-refractivity contribution in [2.75, 3.05) is 34.3 Å². The summed E-state index contributed by atoms with van der Waals surface area (Å²) >= 11 is 1.24. The number of ketones is 1. The smallest absolute Gasteiger partial charge is 0.337 e. The summed E-state index contributed by atoms with van der Waals surface area (Å²) < 4.78 is 4.78. The number of esters is 1. The fraction of sp³-hybridized carbons (Fsp3) is 0.286. The van der Waals surface area contributed by atoms with Gasteiger partial charge in [-0.3, -0.25) is 9.59 Å². The lowest BCUT2D eigenvalue weighted by molar-refractivity contribution is -0.129. The molecule has 1 unspecified atom stereocenters. The second-order valence-electron chi connectivity index (χ2n) is 9.06. The Balaban J connectivity index is 1.74. The van der Waals surface area contributed by atoms with Gasteiger partial charge in [0.2, 0.25) is 5.78 Å². The SMILES string of the molecule is COC(=O)c1ccc(C2C(C(=O)c3sc(-c4ccccc4)nc3C)=C(O)C(=O)N2CCCN(C)C)cc1. The van der Waals surface area contributed by atoms with Gasteiger partial charge in [-0.25, -0.2) is 9.78 Å². The molecule has 37 heavy (non-hydrogen) atoms. The van der Waals surface area contributed by atoms with E-state index in [1.165, 1.54) is 23.3 Å². The lowest BCUT2D eigenvalue weighted by atomic mass is 9.94. The van der Waals surface area contributed by atoms with E-state index in [1.54, 1.807) is 31.2 Å². The number of nitrogens with zero attached hydrogens (tertiary/aromatic N) is 3. The van der Waals surface area contributed by atoms with Gasteiger partial charge in [-0.1, -0.05) is 42.5 Å². The van der Waals surface area contributed by atoms with Crippen molar-refractivity contribution in [2.24, 2.45) is 0 Å². The molecule has 0 fully saturated rings. The summed E-state index contributed by atoms with van der Waals surface area (Å²) in [4.78, 5) is 47.5. The minimum Gasteiger partial charge on any atom is -0.503 e. The van der Waals surface area contributed by atoms with Gasteiger partial charge in [-0.2, -0.15) is 0 Å². The largest absolute Gasteiger partial charge is 0.503 e. The molecule has 0 bridgehead atoms. The number of carbonyl (C=O) groups is 3. The van der Waals surface area contributed by atoms with E-state index >= 15 is 0 Å². The van der Waals surface area contributed by atoms with Crippen molar-refractivity contribution in [1.29, 1.82) is 0 Å². The van der Waals surface area contributed by atoms with Gasteiger partial charge < -0.3 is 19.6 Å². The summed E-state index contributed by atoms with van der Waals surface area (Å²) in [6, 6.07) is 15.3. The molecule has 0 spiro atoms. The minimum atomic E-state index is -0.796. The molecule has 3 aromatic rings. The van der Waals surface area contributed by atoms with Gasteiger partial charge in [0.25, 0.3) is 5.91 Å². The Kier molecular flexibility index (Phi) is 7.85. The maximum atomic E-state index is 13.9. The maximum absolute atomic E-state index is 13.9. The molecule has 0 radical (unpaired) electrons. The van der Waals surface area contributed by atoms with Gasteiger partial charge in [0, 0.05) is 12.1 Å². The van der Waals surface area contributed by atoms with E-state index < -0.39 is 29.5 Å². The molecule has 9 heteroatoms. The fourth-order valence-electron chi connectivity index (χ4n) is 4.37. The first kappa shape index (κ1) is 26.2. The molecule has 192 valence electrons. The summed E-state index contributed by atoms with van der Waals surface area (Å²) in [7, 11) is 5.18. The number of hydrogen-bond acceptors (Lipinski definition) is 8. The maximum Gasteiger partial charge on any atom is 0.337 e. The lowest BCUT2D eigenvalue weighted by Gasteiger charge is -2.27. The second kappa shape index (κ2) is 11.1. The monoisotopic (exact) mass is 519 g/mol. The molecule has 2 heterocycles. The molecule has 2 aromatic carbocycles. The molecule has 1 aliphatic heterocycles. The van der Waals surface area contributed by atoms with E-state index in [4.69, 9.17) is 4.74 Å². The van der Waals surface area contributed by atoms with Crippen molar-refractivity contribution in [1.82, 2.24) is 14.8 Å². The topological polar surface area (TPSA) is 100 Å². The predicted molar refractivity (Wildman–Crippen MR) is 142 cm³/mol. The summed E-state index contributed by atoms with van der Waals surface area (Å²) in [5, 5.41) is 11.7. The van der Waals surface area contributed by atoms with Gasteiger partial charge in [-0.15, -0.1) is 11.3 Å². The Morgan fingerprint density at radius 3 is 2.41 bits per heavy atom. The molecule has 1 aliphatic rings. The highest BCUT2D eigenvalue weighted by molar-refractivity contribution is 7.17. The normalized spacial score (nSPS) is 15.5. The third-order valence-electron chi connectivity index (χ3n) is 6.22. The number of aromatic nitrogens is 1. The van der Waals surface area contributed by atoms with Gasteiger partial charge in [-0.05, 0) is 51.7 Å². The number of hydrogen-bond donors (Lipinski definition) is 1. The van der Waals surface area contributed by atoms with Crippen molar-refractivity contribution < 1.29 is 24.2 Å².